The van der Waals surface area contributed by atoms with E-state index in [-0.39, 0.29) is 0 Å². The van der Waals surface area contributed by atoms with Gasteiger partial charge in [0.05, 0.1) is 5.52 Å². The molecule has 2 heterocycles. The van der Waals surface area contributed by atoms with Crippen molar-refractivity contribution < 1.29 is 0 Å². The minimum absolute atomic E-state index is 0.737. The van der Waals surface area contributed by atoms with E-state index in [9.17, 15) is 0 Å². The summed E-state index contributed by atoms with van der Waals surface area (Å²) < 4.78 is 2.29. The van der Waals surface area contributed by atoms with Gasteiger partial charge in [0.1, 0.15) is 11.3 Å². The standard InChI is InChI=1S/C19H27ClN4/c20-15-9-10-16-17(14-15)23-18-8-7-13-24(18)19(16)22-12-6-4-2-1-3-5-11-21/h9-10,14H,1-8,11-13,21H2. The second-order valence-electron chi connectivity index (χ2n) is 6.56. The van der Waals surface area contributed by atoms with Crippen LogP contribution in [-0.2, 0) is 13.0 Å². The molecule has 1 aliphatic rings. The predicted octanol–water partition coefficient (Wildman–Crippen LogP) is 3.84. The Labute approximate surface area is 148 Å². The smallest absolute Gasteiger partial charge is 0.138 e. The minimum atomic E-state index is 0.737. The zero-order valence-electron chi connectivity index (χ0n) is 14.3. The van der Waals surface area contributed by atoms with Gasteiger partial charge in [0.25, 0.3) is 0 Å². The number of aromatic nitrogens is 2. The molecule has 24 heavy (non-hydrogen) atoms. The van der Waals surface area contributed by atoms with E-state index < -0.39 is 0 Å². The molecule has 0 saturated carbocycles. The fourth-order valence-corrected chi connectivity index (χ4v) is 3.56. The second-order valence-corrected chi connectivity index (χ2v) is 7.00. The number of rotatable bonds is 8. The van der Waals surface area contributed by atoms with Gasteiger partial charge in [-0.1, -0.05) is 37.3 Å². The number of fused-ring (bicyclic) bond motifs is 2. The van der Waals surface area contributed by atoms with Crippen LogP contribution in [-0.4, -0.2) is 22.6 Å². The largest absolute Gasteiger partial charge is 0.330 e. The van der Waals surface area contributed by atoms with Crippen molar-refractivity contribution in [2.45, 2.75) is 57.9 Å². The Morgan fingerprint density at radius 2 is 1.92 bits per heavy atom. The van der Waals surface area contributed by atoms with Crippen molar-refractivity contribution in [1.29, 1.82) is 0 Å². The summed E-state index contributed by atoms with van der Waals surface area (Å²) in [6, 6.07) is 5.94. The van der Waals surface area contributed by atoms with Crippen molar-refractivity contribution >= 4 is 22.5 Å². The number of nitrogens with zero attached hydrogens (tertiary/aromatic N) is 3. The van der Waals surface area contributed by atoms with E-state index in [0.29, 0.717) is 0 Å². The average molecular weight is 347 g/mol. The molecular weight excluding hydrogens is 320 g/mol. The highest BCUT2D eigenvalue weighted by Crippen LogP contribution is 2.18. The molecule has 0 saturated heterocycles. The van der Waals surface area contributed by atoms with Crippen LogP contribution in [0.4, 0.5) is 0 Å². The SMILES string of the molecule is NCCCCCCCCN=c1c2ccc(Cl)cc2nc2n1CCC2. The quantitative estimate of drug-likeness (QED) is 0.738. The van der Waals surface area contributed by atoms with Crippen LogP contribution < -0.4 is 11.2 Å². The van der Waals surface area contributed by atoms with Crippen LogP contribution in [0.1, 0.15) is 50.8 Å². The highest BCUT2D eigenvalue weighted by atomic mass is 35.5. The van der Waals surface area contributed by atoms with Crippen molar-refractivity contribution in [3.63, 3.8) is 0 Å². The number of nitrogens with two attached hydrogens (primary N) is 1. The highest BCUT2D eigenvalue weighted by Gasteiger charge is 2.14. The zero-order chi connectivity index (χ0) is 16.8. The molecule has 0 bridgehead atoms. The number of unbranched alkanes of at least 4 members (excludes halogenated alkanes) is 5. The lowest BCUT2D eigenvalue weighted by Gasteiger charge is -2.08. The van der Waals surface area contributed by atoms with Crippen LogP contribution in [0.2, 0.25) is 5.02 Å². The van der Waals surface area contributed by atoms with E-state index in [1.54, 1.807) is 0 Å². The van der Waals surface area contributed by atoms with Gasteiger partial charge in [-0.2, -0.15) is 0 Å². The molecule has 0 radical (unpaired) electrons. The maximum Gasteiger partial charge on any atom is 0.138 e. The molecule has 0 fully saturated rings. The van der Waals surface area contributed by atoms with Crippen molar-refractivity contribution in [2.75, 3.05) is 13.1 Å². The van der Waals surface area contributed by atoms with Crippen LogP contribution in [0.15, 0.2) is 23.2 Å². The second kappa shape index (κ2) is 8.63. The first-order valence-corrected chi connectivity index (χ1v) is 9.57. The van der Waals surface area contributed by atoms with Gasteiger partial charge in [-0.25, -0.2) is 4.98 Å². The molecule has 1 aromatic heterocycles. The van der Waals surface area contributed by atoms with Gasteiger partial charge in [0.15, 0.2) is 0 Å². The normalized spacial score (nSPS) is 14.5. The molecule has 4 nitrogen and oxygen atoms in total. The van der Waals surface area contributed by atoms with Gasteiger partial charge in [-0.3, -0.25) is 4.99 Å². The van der Waals surface area contributed by atoms with Gasteiger partial charge in [-0.05, 0) is 44.0 Å². The molecular formula is C19H27ClN4. The van der Waals surface area contributed by atoms with E-state index in [1.807, 2.05) is 12.1 Å². The highest BCUT2D eigenvalue weighted by molar-refractivity contribution is 6.31. The Hall–Kier alpha value is -1.39. The lowest BCUT2D eigenvalue weighted by Crippen LogP contribution is -2.23. The monoisotopic (exact) mass is 346 g/mol. The molecule has 1 aromatic carbocycles. The molecule has 0 unspecified atom stereocenters. The Balaban J connectivity index is 1.71. The molecule has 2 N–H and O–H groups in total. The number of hydrogen-bond acceptors (Lipinski definition) is 3. The lowest BCUT2D eigenvalue weighted by molar-refractivity contribution is 0.596. The van der Waals surface area contributed by atoms with E-state index in [1.165, 1.54) is 25.7 Å². The van der Waals surface area contributed by atoms with Crippen LogP contribution in [0.3, 0.4) is 0 Å². The number of halogens is 1. The third-order valence-corrected chi connectivity index (χ3v) is 4.91. The number of hydrogen-bond donors (Lipinski definition) is 1. The minimum Gasteiger partial charge on any atom is -0.330 e. The van der Waals surface area contributed by atoms with Gasteiger partial charge < -0.3 is 10.3 Å². The van der Waals surface area contributed by atoms with E-state index in [4.69, 9.17) is 27.3 Å². The van der Waals surface area contributed by atoms with Crippen molar-refractivity contribution in [1.82, 2.24) is 9.55 Å². The average Bonchev–Trinajstić information content (AvgIpc) is 3.04. The van der Waals surface area contributed by atoms with E-state index in [2.05, 4.69) is 10.6 Å². The van der Waals surface area contributed by atoms with E-state index >= 15 is 0 Å². The summed E-state index contributed by atoms with van der Waals surface area (Å²) >= 11 is 6.13. The Morgan fingerprint density at radius 3 is 2.75 bits per heavy atom. The topological polar surface area (TPSA) is 56.2 Å². The summed E-state index contributed by atoms with van der Waals surface area (Å²) in [5.74, 6) is 1.14. The third-order valence-electron chi connectivity index (χ3n) is 4.67. The molecule has 5 heteroatoms. The van der Waals surface area contributed by atoms with Crippen LogP contribution >= 0.6 is 11.6 Å². The fraction of sp³-hybridized carbons (Fsp3) is 0.579. The molecule has 0 amide bonds. The van der Waals surface area contributed by atoms with Gasteiger partial charge in [-0.15, -0.1) is 0 Å². The Morgan fingerprint density at radius 1 is 1.12 bits per heavy atom. The van der Waals surface area contributed by atoms with Gasteiger partial charge in [0, 0.05) is 29.9 Å². The maximum atomic E-state index is 6.13. The third kappa shape index (κ3) is 4.17. The zero-order valence-corrected chi connectivity index (χ0v) is 15.1. The van der Waals surface area contributed by atoms with Crippen LogP contribution in [0.25, 0.3) is 10.9 Å². The van der Waals surface area contributed by atoms with Crippen molar-refractivity contribution in [3.05, 3.63) is 34.5 Å². The molecule has 0 spiro atoms. The molecule has 130 valence electrons. The summed E-state index contributed by atoms with van der Waals surface area (Å²) in [5.41, 5.74) is 7.58. The first-order chi connectivity index (χ1) is 11.8. The van der Waals surface area contributed by atoms with Gasteiger partial charge in [0.2, 0.25) is 0 Å². The lowest BCUT2D eigenvalue weighted by atomic mass is 10.1. The Kier molecular flexibility index (Phi) is 6.27. The summed E-state index contributed by atoms with van der Waals surface area (Å²) in [6.45, 7) is 2.73. The number of benzene rings is 1. The van der Waals surface area contributed by atoms with Gasteiger partial charge >= 0.3 is 0 Å². The fourth-order valence-electron chi connectivity index (χ4n) is 3.39. The maximum absolute atomic E-state index is 6.13. The number of aryl methyl sites for hydroxylation is 1. The van der Waals surface area contributed by atoms with Crippen molar-refractivity contribution in [2.24, 2.45) is 10.7 Å². The van der Waals surface area contributed by atoms with Crippen LogP contribution in [0, 0.1) is 0 Å². The molecule has 3 rings (SSSR count). The summed E-state index contributed by atoms with van der Waals surface area (Å²) in [5, 5.41) is 1.86. The molecule has 2 aromatic rings. The van der Waals surface area contributed by atoms with E-state index in [0.717, 1.165) is 72.6 Å². The molecule has 0 aliphatic carbocycles. The molecule has 1 aliphatic heterocycles. The first-order valence-electron chi connectivity index (χ1n) is 9.19. The summed E-state index contributed by atoms with van der Waals surface area (Å²) in [7, 11) is 0. The summed E-state index contributed by atoms with van der Waals surface area (Å²) in [6.07, 6.45) is 9.56. The molecule has 0 atom stereocenters. The first kappa shape index (κ1) is 17.4. The Bertz CT molecular complexity index is 751. The predicted molar refractivity (Wildman–Crippen MR) is 100 cm³/mol. The van der Waals surface area contributed by atoms with Crippen molar-refractivity contribution in [3.8, 4) is 0 Å². The summed E-state index contributed by atoms with van der Waals surface area (Å²) in [4.78, 5) is 9.70. The van der Waals surface area contributed by atoms with Crippen LogP contribution in [0.5, 0.6) is 0 Å².